The number of carbonyl (C=O) groups is 2. The molecule has 0 saturated carbocycles. The third-order valence-corrected chi connectivity index (χ3v) is 5.36. The molecule has 1 atom stereocenters. The number of likely N-dealkylation sites (N-methyl/N-ethyl adjacent to an activating group) is 1. The molecule has 1 aliphatic rings. The van der Waals surface area contributed by atoms with Crippen LogP contribution in [0.2, 0.25) is 5.02 Å². The molecule has 0 aromatic heterocycles. The lowest BCUT2D eigenvalue weighted by Gasteiger charge is -2.30. The second-order valence-corrected chi connectivity index (χ2v) is 7.25. The van der Waals surface area contributed by atoms with Gasteiger partial charge in [0.15, 0.2) is 11.5 Å². The zero-order valence-electron chi connectivity index (χ0n) is 16.6. The summed E-state index contributed by atoms with van der Waals surface area (Å²) in [5, 5.41) is 3.23. The molecule has 0 fully saturated rings. The molecule has 2 amide bonds. The van der Waals surface area contributed by atoms with Gasteiger partial charge in [0.1, 0.15) is 6.04 Å². The van der Waals surface area contributed by atoms with Gasteiger partial charge in [-0.05, 0) is 42.2 Å². The Bertz CT molecular complexity index is 887. The number of nitrogens with zero attached hydrogens (tertiary/aromatic N) is 1. The molecular formula is C22H25ClN2O4. The van der Waals surface area contributed by atoms with Crippen LogP contribution in [0, 0.1) is 0 Å². The number of aryl methyl sites for hydroxylation is 1. The van der Waals surface area contributed by atoms with Crippen molar-refractivity contribution in [3.8, 4) is 11.5 Å². The molecule has 0 radical (unpaired) electrons. The van der Waals surface area contributed by atoms with Gasteiger partial charge in [0.2, 0.25) is 18.6 Å². The number of ether oxygens (including phenoxy) is 2. The van der Waals surface area contributed by atoms with E-state index in [4.69, 9.17) is 21.1 Å². The molecule has 1 N–H and O–H groups in total. The van der Waals surface area contributed by atoms with Gasteiger partial charge in [-0.15, -0.1) is 0 Å². The molecule has 1 aliphatic heterocycles. The average Bonchev–Trinajstić information content (AvgIpc) is 3.20. The Balaban J connectivity index is 1.76. The third-order valence-electron chi connectivity index (χ3n) is 5.00. The Hall–Kier alpha value is -2.73. The summed E-state index contributed by atoms with van der Waals surface area (Å²) in [6.45, 7) is 2.39. The van der Waals surface area contributed by atoms with Gasteiger partial charge in [-0.3, -0.25) is 9.59 Å². The van der Waals surface area contributed by atoms with Crippen LogP contribution in [0.4, 0.5) is 0 Å². The van der Waals surface area contributed by atoms with Crippen molar-refractivity contribution < 1.29 is 19.1 Å². The quantitative estimate of drug-likeness (QED) is 0.714. The Morgan fingerprint density at radius 3 is 2.66 bits per heavy atom. The Kier molecular flexibility index (Phi) is 6.99. The smallest absolute Gasteiger partial charge is 0.242 e. The maximum Gasteiger partial charge on any atom is 0.242 e. The fourth-order valence-electron chi connectivity index (χ4n) is 3.39. The largest absolute Gasteiger partial charge is 0.454 e. The summed E-state index contributed by atoms with van der Waals surface area (Å²) in [5.41, 5.74) is 1.79. The van der Waals surface area contributed by atoms with E-state index in [9.17, 15) is 9.59 Å². The molecule has 1 heterocycles. The monoisotopic (exact) mass is 416 g/mol. The van der Waals surface area contributed by atoms with Gasteiger partial charge in [-0.25, -0.2) is 0 Å². The van der Waals surface area contributed by atoms with Gasteiger partial charge in [0.25, 0.3) is 0 Å². The van der Waals surface area contributed by atoms with Crippen LogP contribution >= 0.6 is 11.6 Å². The molecule has 0 spiro atoms. The summed E-state index contributed by atoms with van der Waals surface area (Å²) >= 11 is 6.30. The molecule has 0 bridgehead atoms. The van der Waals surface area contributed by atoms with E-state index in [2.05, 4.69) is 5.32 Å². The molecule has 29 heavy (non-hydrogen) atoms. The highest BCUT2D eigenvalue weighted by atomic mass is 35.5. The molecular weight excluding hydrogens is 392 g/mol. The predicted octanol–water partition coefficient (Wildman–Crippen LogP) is 3.55. The zero-order chi connectivity index (χ0) is 20.8. The average molecular weight is 417 g/mol. The SMILES string of the molecule is CC[C@@H](C(=O)NC)N(Cc1ccccc1Cl)C(=O)CCc1ccc2c(c1)OCO2. The van der Waals surface area contributed by atoms with Crippen LogP contribution in [0.25, 0.3) is 0 Å². The molecule has 0 unspecified atom stereocenters. The van der Waals surface area contributed by atoms with Crippen LogP contribution < -0.4 is 14.8 Å². The standard InChI is InChI=1S/C22H25ClN2O4/c1-3-18(22(27)24-2)25(13-16-6-4-5-7-17(16)23)21(26)11-9-15-8-10-19-20(12-15)29-14-28-19/h4-8,10,12,18H,3,9,11,13-14H2,1-2H3,(H,24,27)/t18-/m0/s1. The van der Waals surface area contributed by atoms with Crippen molar-refractivity contribution in [3.63, 3.8) is 0 Å². The van der Waals surface area contributed by atoms with E-state index in [1.54, 1.807) is 18.0 Å². The van der Waals surface area contributed by atoms with Crippen molar-refractivity contribution in [2.75, 3.05) is 13.8 Å². The number of hydrogen-bond acceptors (Lipinski definition) is 4. The van der Waals surface area contributed by atoms with Gasteiger partial charge in [-0.2, -0.15) is 0 Å². The van der Waals surface area contributed by atoms with Crippen molar-refractivity contribution in [3.05, 3.63) is 58.6 Å². The topological polar surface area (TPSA) is 67.9 Å². The van der Waals surface area contributed by atoms with Crippen LogP contribution in [0.5, 0.6) is 11.5 Å². The molecule has 2 aromatic rings. The first kappa shape index (κ1) is 21.0. The number of carbonyl (C=O) groups excluding carboxylic acids is 2. The Morgan fingerprint density at radius 1 is 1.17 bits per heavy atom. The highest BCUT2D eigenvalue weighted by molar-refractivity contribution is 6.31. The summed E-state index contributed by atoms with van der Waals surface area (Å²) in [7, 11) is 1.58. The number of halogens is 1. The maximum absolute atomic E-state index is 13.1. The number of fused-ring (bicyclic) bond motifs is 1. The lowest BCUT2D eigenvalue weighted by atomic mass is 10.1. The van der Waals surface area contributed by atoms with Gasteiger partial charge in [-0.1, -0.05) is 42.8 Å². The number of benzene rings is 2. The first-order valence-electron chi connectivity index (χ1n) is 9.66. The van der Waals surface area contributed by atoms with E-state index in [1.165, 1.54) is 0 Å². The minimum atomic E-state index is -0.555. The van der Waals surface area contributed by atoms with Crippen molar-refractivity contribution >= 4 is 23.4 Å². The molecule has 7 heteroatoms. The predicted molar refractivity (Wildman–Crippen MR) is 111 cm³/mol. The van der Waals surface area contributed by atoms with E-state index in [1.807, 2.05) is 43.3 Å². The number of hydrogen-bond donors (Lipinski definition) is 1. The Morgan fingerprint density at radius 2 is 1.93 bits per heavy atom. The lowest BCUT2D eigenvalue weighted by molar-refractivity contribution is -0.141. The minimum Gasteiger partial charge on any atom is -0.454 e. The van der Waals surface area contributed by atoms with Gasteiger partial charge in [0, 0.05) is 25.0 Å². The van der Waals surface area contributed by atoms with Crippen molar-refractivity contribution in [1.82, 2.24) is 10.2 Å². The van der Waals surface area contributed by atoms with Crippen LogP contribution in [0.15, 0.2) is 42.5 Å². The first-order valence-corrected chi connectivity index (χ1v) is 10.0. The van der Waals surface area contributed by atoms with Gasteiger partial charge < -0.3 is 19.7 Å². The van der Waals surface area contributed by atoms with Crippen molar-refractivity contribution in [2.24, 2.45) is 0 Å². The summed E-state index contributed by atoms with van der Waals surface area (Å²) in [5.74, 6) is 1.12. The molecule has 0 saturated heterocycles. The molecule has 6 nitrogen and oxygen atoms in total. The first-order chi connectivity index (χ1) is 14.0. The second kappa shape index (κ2) is 9.65. The van der Waals surface area contributed by atoms with E-state index in [0.29, 0.717) is 29.4 Å². The van der Waals surface area contributed by atoms with E-state index in [0.717, 1.165) is 11.1 Å². The zero-order valence-corrected chi connectivity index (χ0v) is 17.4. The highest BCUT2D eigenvalue weighted by Crippen LogP contribution is 2.33. The summed E-state index contributed by atoms with van der Waals surface area (Å²) in [6.07, 6.45) is 1.33. The van der Waals surface area contributed by atoms with Crippen LogP contribution in [-0.2, 0) is 22.6 Å². The van der Waals surface area contributed by atoms with Crippen LogP contribution in [0.1, 0.15) is 30.9 Å². The minimum absolute atomic E-state index is 0.0990. The molecule has 154 valence electrons. The third kappa shape index (κ3) is 5.01. The van der Waals surface area contributed by atoms with Gasteiger partial charge >= 0.3 is 0 Å². The normalized spacial score (nSPS) is 13.1. The highest BCUT2D eigenvalue weighted by Gasteiger charge is 2.28. The second-order valence-electron chi connectivity index (χ2n) is 6.84. The summed E-state index contributed by atoms with van der Waals surface area (Å²) < 4.78 is 10.7. The number of nitrogens with one attached hydrogen (secondary N) is 1. The molecule has 2 aromatic carbocycles. The van der Waals surface area contributed by atoms with E-state index < -0.39 is 6.04 Å². The lowest BCUT2D eigenvalue weighted by Crippen LogP contribution is -2.48. The number of amides is 2. The summed E-state index contributed by atoms with van der Waals surface area (Å²) in [4.78, 5) is 27.1. The van der Waals surface area contributed by atoms with Crippen molar-refractivity contribution in [1.29, 1.82) is 0 Å². The van der Waals surface area contributed by atoms with Crippen molar-refractivity contribution in [2.45, 2.75) is 38.8 Å². The number of rotatable bonds is 8. The maximum atomic E-state index is 13.1. The fourth-order valence-corrected chi connectivity index (χ4v) is 3.58. The van der Waals surface area contributed by atoms with E-state index >= 15 is 0 Å². The fraction of sp³-hybridized carbons (Fsp3) is 0.364. The molecule has 3 rings (SSSR count). The van der Waals surface area contributed by atoms with E-state index in [-0.39, 0.29) is 31.6 Å². The summed E-state index contributed by atoms with van der Waals surface area (Å²) in [6, 6.07) is 12.5. The Labute approximate surface area is 175 Å². The van der Waals surface area contributed by atoms with Crippen LogP contribution in [-0.4, -0.2) is 36.6 Å². The van der Waals surface area contributed by atoms with Gasteiger partial charge in [0.05, 0.1) is 0 Å². The molecule has 0 aliphatic carbocycles. The van der Waals surface area contributed by atoms with Crippen LogP contribution in [0.3, 0.4) is 0 Å².